The molecule has 2 aromatic heterocycles. The number of aromatic nitrogens is 2. The molecule has 12 heteroatoms. The Morgan fingerprint density at radius 1 is 1.19 bits per heavy atom. The summed E-state index contributed by atoms with van der Waals surface area (Å²) in [5.74, 6) is -1.24. The van der Waals surface area contributed by atoms with E-state index < -0.39 is 34.7 Å². The van der Waals surface area contributed by atoms with Crippen molar-refractivity contribution in [2.45, 2.75) is 13.0 Å². The summed E-state index contributed by atoms with van der Waals surface area (Å²) in [7, 11) is -3.57. The van der Waals surface area contributed by atoms with Gasteiger partial charge in [0.15, 0.2) is 0 Å². The maximum absolute atomic E-state index is 13.1. The predicted molar refractivity (Wildman–Crippen MR) is 111 cm³/mol. The lowest BCUT2D eigenvalue weighted by molar-refractivity contribution is 0.102. The second-order valence-corrected chi connectivity index (χ2v) is 8.76. The first-order chi connectivity index (χ1) is 14.5. The number of amides is 1. The molecule has 0 spiro atoms. The summed E-state index contributed by atoms with van der Waals surface area (Å²) in [6.07, 6.45) is 0.433. The Morgan fingerprint density at radius 3 is 2.52 bits per heavy atom. The van der Waals surface area contributed by atoms with Crippen molar-refractivity contribution in [3.8, 4) is 11.4 Å². The van der Waals surface area contributed by atoms with Crippen molar-refractivity contribution in [1.82, 2.24) is 9.55 Å². The van der Waals surface area contributed by atoms with Gasteiger partial charge in [0.25, 0.3) is 12.3 Å². The van der Waals surface area contributed by atoms with Crippen molar-refractivity contribution >= 4 is 38.9 Å². The van der Waals surface area contributed by atoms with Crippen LogP contribution in [0.4, 0.5) is 24.5 Å². The quantitative estimate of drug-likeness (QED) is 0.538. The number of hydrogen-bond acceptors (Lipinski definition) is 4. The minimum absolute atomic E-state index is 0.0411. The largest absolute Gasteiger partial charge is 0.340 e. The molecule has 0 saturated heterocycles. The van der Waals surface area contributed by atoms with E-state index >= 15 is 0 Å². The van der Waals surface area contributed by atoms with Crippen molar-refractivity contribution < 1.29 is 26.4 Å². The standard InChI is InChI=1S/C19H16ClF3N4O3S/c1-31(29,30)26-15-6-12(20)5-14(7-15)25-19(28)11-4-17(27(9-11)10-18(22)23)16-3-2-13(21)8-24-16/h2-9,18,26H,10H2,1H3,(H,25,28). The first-order valence-corrected chi connectivity index (χ1v) is 11.0. The van der Waals surface area contributed by atoms with Crippen LogP contribution in [0.3, 0.4) is 0 Å². The van der Waals surface area contributed by atoms with Gasteiger partial charge in [-0.3, -0.25) is 14.5 Å². The number of sulfonamides is 1. The number of nitrogens with zero attached hydrogens (tertiary/aromatic N) is 2. The van der Waals surface area contributed by atoms with Gasteiger partial charge < -0.3 is 9.88 Å². The fourth-order valence-corrected chi connectivity index (χ4v) is 3.60. The van der Waals surface area contributed by atoms with Gasteiger partial charge in [-0.05, 0) is 36.4 Å². The van der Waals surface area contributed by atoms with Crippen molar-refractivity contribution in [2.24, 2.45) is 0 Å². The molecule has 2 N–H and O–H groups in total. The fraction of sp³-hybridized carbons (Fsp3) is 0.158. The van der Waals surface area contributed by atoms with Crippen LogP contribution in [0.25, 0.3) is 11.4 Å². The molecule has 0 fully saturated rings. The predicted octanol–water partition coefficient (Wildman–Crippen LogP) is 4.23. The Balaban J connectivity index is 1.91. The maximum atomic E-state index is 13.1. The minimum Gasteiger partial charge on any atom is -0.340 e. The summed E-state index contributed by atoms with van der Waals surface area (Å²) < 4.78 is 65.4. The van der Waals surface area contributed by atoms with Gasteiger partial charge >= 0.3 is 0 Å². The summed E-state index contributed by atoms with van der Waals surface area (Å²) in [5, 5.41) is 2.70. The topological polar surface area (TPSA) is 93.1 Å². The highest BCUT2D eigenvalue weighted by atomic mass is 35.5. The normalized spacial score (nSPS) is 11.5. The molecule has 31 heavy (non-hydrogen) atoms. The molecule has 0 aliphatic rings. The lowest BCUT2D eigenvalue weighted by Gasteiger charge is -2.09. The van der Waals surface area contributed by atoms with Crippen LogP contribution in [0.1, 0.15) is 10.4 Å². The Morgan fingerprint density at radius 2 is 1.90 bits per heavy atom. The van der Waals surface area contributed by atoms with E-state index in [0.717, 1.165) is 23.1 Å². The maximum Gasteiger partial charge on any atom is 0.257 e. The first kappa shape index (κ1) is 22.6. The number of anilines is 2. The van der Waals surface area contributed by atoms with Crippen LogP contribution >= 0.6 is 11.6 Å². The first-order valence-electron chi connectivity index (χ1n) is 8.70. The van der Waals surface area contributed by atoms with Gasteiger partial charge in [0.2, 0.25) is 10.0 Å². The Bertz CT molecular complexity index is 1210. The van der Waals surface area contributed by atoms with Crippen molar-refractivity contribution in [3.63, 3.8) is 0 Å². The SMILES string of the molecule is CS(=O)(=O)Nc1cc(Cl)cc(NC(=O)c2cc(-c3ccc(F)cn3)n(CC(F)F)c2)c1. The van der Waals surface area contributed by atoms with E-state index in [4.69, 9.17) is 11.6 Å². The number of carbonyl (C=O) groups is 1. The van der Waals surface area contributed by atoms with Gasteiger partial charge in [-0.2, -0.15) is 0 Å². The summed E-state index contributed by atoms with van der Waals surface area (Å²) in [6.45, 7) is -0.693. The monoisotopic (exact) mass is 472 g/mol. The van der Waals surface area contributed by atoms with Crippen molar-refractivity contribution in [2.75, 3.05) is 16.3 Å². The molecule has 0 unspecified atom stereocenters. The van der Waals surface area contributed by atoms with Crippen LogP contribution in [0.5, 0.6) is 0 Å². The third-order valence-electron chi connectivity index (χ3n) is 3.94. The third kappa shape index (κ3) is 6.22. The summed E-state index contributed by atoms with van der Waals surface area (Å²) in [6, 6.07) is 7.89. The number of nitrogens with one attached hydrogen (secondary N) is 2. The van der Waals surface area contributed by atoms with Crippen LogP contribution < -0.4 is 10.0 Å². The smallest absolute Gasteiger partial charge is 0.257 e. The zero-order valence-corrected chi connectivity index (χ0v) is 17.5. The van der Waals surface area contributed by atoms with E-state index in [1.54, 1.807) is 0 Å². The van der Waals surface area contributed by atoms with E-state index in [1.165, 1.54) is 36.5 Å². The van der Waals surface area contributed by atoms with Gasteiger partial charge in [-0.25, -0.2) is 21.6 Å². The lowest BCUT2D eigenvalue weighted by atomic mass is 10.2. The number of alkyl halides is 2. The van der Waals surface area contributed by atoms with Crippen LogP contribution in [0, 0.1) is 5.82 Å². The molecular formula is C19H16ClF3N4O3S. The van der Waals surface area contributed by atoms with Crippen LogP contribution in [-0.4, -0.2) is 36.6 Å². The van der Waals surface area contributed by atoms with E-state index in [2.05, 4.69) is 15.0 Å². The second-order valence-electron chi connectivity index (χ2n) is 6.58. The number of benzene rings is 1. The molecule has 7 nitrogen and oxygen atoms in total. The van der Waals surface area contributed by atoms with Crippen molar-refractivity contribution in [1.29, 1.82) is 0 Å². The summed E-state index contributed by atoms with van der Waals surface area (Å²) >= 11 is 5.98. The molecule has 2 heterocycles. The molecule has 1 aromatic carbocycles. The molecule has 164 valence electrons. The van der Waals surface area contributed by atoms with Gasteiger partial charge in [-0.1, -0.05) is 11.6 Å². The van der Waals surface area contributed by atoms with Gasteiger partial charge in [0.05, 0.1) is 41.6 Å². The van der Waals surface area contributed by atoms with Crippen molar-refractivity contribution in [3.05, 3.63) is 65.2 Å². The summed E-state index contributed by atoms with van der Waals surface area (Å²) in [5.41, 5.74) is 0.780. The number of pyridine rings is 1. The Hall–Kier alpha value is -3.05. The third-order valence-corrected chi connectivity index (χ3v) is 4.77. The highest BCUT2D eigenvalue weighted by molar-refractivity contribution is 7.92. The van der Waals surface area contributed by atoms with E-state index in [1.807, 2.05) is 0 Å². The van der Waals surface area contributed by atoms with Crippen LogP contribution in [0.15, 0.2) is 48.8 Å². The molecule has 0 atom stereocenters. The fourth-order valence-electron chi connectivity index (χ4n) is 2.82. The molecule has 0 aliphatic carbocycles. The number of halogens is 4. The zero-order valence-electron chi connectivity index (χ0n) is 15.9. The van der Waals surface area contributed by atoms with Gasteiger partial charge in [0.1, 0.15) is 5.82 Å². The van der Waals surface area contributed by atoms with Gasteiger partial charge in [-0.15, -0.1) is 0 Å². The van der Waals surface area contributed by atoms with Gasteiger partial charge in [0, 0.05) is 16.9 Å². The average Bonchev–Trinajstić information content (AvgIpc) is 3.03. The zero-order chi connectivity index (χ0) is 22.8. The molecule has 0 radical (unpaired) electrons. The minimum atomic E-state index is -3.57. The number of hydrogen-bond donors (Lipinski definition) is 2. The summed E-state index contributed by atoms with van der Waals surface area (Å²) in [4.78, 5) is 16.6. The highest BCUT2D eigenvalue weighted by Crippen LogP contribution is 2.26. The molecule has 0 aliphatic heterocycles. The van der Waals surface area contributed by atoms with Crippen LogP contribution in [-0.2, 0) is 16.6 Å². The number of rotatable bonds is 7. The Kier molecular flexibility index (Phi) is 6.56. The average molecular weight is 473 g/mol. The molecular weight excluding hydrogens is 457 g/mol. The second kappa shape index (κ2) is 8.98. The van der Waals surface area contributed by atoms with Crippen LogP contribution in [0.2, 0.25) is 5.02 Å². The van der Waals surface area contributed by atoms with E-state index in [9.17, 15) is 26.4 Å². The number of carbonyl (C=O) groups excluding carboxylic acids is 1. The molecule has 1 amide bonds. The molecule has 0 saturated carbocycles. The van der Waals surface area contributed by atoms with E-state index in [0.29, 0.717) is 0 Å². The molecule has 3 aromatic rings. The molecule has 3 rings (SSSR count). The highest BCUT2D eigenvalue weighted by Gasteiger charge is 2.18. The Labute approximate surface area is 180 Å². The van der Waals surface area contributed by atoms with E-state index in [-0.39, 0.29) is 33.3 Å². The molecule has 0 bridgehead atoms. The lowest BCUT2D eigenvalue weighted by Crippen LogP contribution is -2.13.